The average Bonchev–Trinajstić information content (AvgIpc) is 2.45. The van der Waals surface area contributed by atoms with Crippen molar-refractivity contribution in [1.82, 2.24) is 4.90 Å². The molecule has 2 aromatic carbocycles. The number of hydrogen-bond acceptors (Lipinski definition) is 2. The molecule has 0 aliphatic carbocycles. The Labute approximate surface area is 144 Å². The predicted octanol–water partition coefficient (Wildman–Crippen LogP) is 4.44. The molecule has 0 atom stereocenters. The van der Waals surface area contributed by atoms with Gasteiger partial charge in [0.15, 0.2) is 5.78 Å². The van der Waals surface area contributed by atoms with Gasteiger partial charge in [-0.05, 0) is 24.6 Å². The molecule has 1 aliphatic heterocycles. The van der Waals surface area contributed by atoms with E-state index in [1.165, 1.54) is 24.6 Å². The molecule has 3 rings (SSSR count). The summed E-state index contributed by atoms with van der Waals surface area (Å²) in [4.78, 5) is 25.8. The third-order valence-corrected chi connectivity index (χ3v) is 4.68. The Morgan fingerprint density at radius 3 is 2.13 bits per heavy atom. The molecule has 3 nitrogen and oxygen atoms in total. The summed E-state index contributed by atoms with van der Waals surface area (Å²) >= 11 is 12.2. The van der Waals surface area contributed by atoms with Crippen molar-refractivity contribution in [1.29, 1.82) is 0 Å². The van der Waals surface area contributed by atoms with Gasteiger partial charge in [0.1, 0.15) is 0 Å². The summed E-state index contributed by atoms with van der Waals surface area (Å²) in [5.74, 6) is 0.0331. The van der Waals surface area contributed by atoms with E-state index in [2.05, 4.69) is 12.1 Å². The van der Waals surface area contributed by atoms with Crippen LogP contribution in [0.1, 0.15) is 39.1 Å². The first-order valence-electron chi connectivity index (χ1n) is 7.31. The SMILES string of the molecule is CC(=O)c1c(Cl)cc(C(=O)N2CC(c3ccccc3)C2)cc1Cl. The molecule has 23 heavy (non-hydrogen) atoms. The minimum Gasteiger partial charge on any atom is -0.337 e. The Balaban J connectivity index is 1.74. The number of amides is 1. The summed E-state index contributed by atoms with van der Waals surface area (Å²) in [6.07, 6.45) is 0. The fourth-order valence-electron chi connectivity index (χ4n) is 2.80. The van der Waals surface area contributed by atoms with Crippen LogP contribution in [0.4, 0.5) is 0 Å². The summed E-state index contributed by atoms with van der Waals surface area (Å²) in [5.41, 5.74) is 1.91. The van der Waals surface area contributed by atoms with Gasteiger partial charge in [-0.1, -0.05) is 53.5 Å². The van der Waals surface area contributed by atoms with Crippen LogP contribution in [0, 0.1) is 0 Å². The van der Waals surface area contributed by atoms with Crippen molar-refractivity contribution in [3.05, 3.63) is 69.2 Å². The molecule has 5 heteroatoms. The maximum Gasteiger partial charge on any atom is 0.254 e. The smallest absolute Gasteiger partial charge is 0.254 e. The van der Waals surface area contributed by atoms with Crippen molar-refractivity contribution in [2.75, 3.05) is 13.1 Å². The molecule has 118 valence electrons. The van der Waals surface area contributed by atoms with Crippen LogP contribution in [0.15, 0.2) is 42.5 Å². The summed E-state index contributed by atoms with van der Waals surface area (Å²) in [7, 11) is 0. The second-order valence-electron chi connectivity index (χ2n) is 5.69. The van der Waals surface area contributed by atoms with Gasteiger partial charge in [-0.25, -0.2) is 0 Å². The second kappa shape index (κ2) is 6.34. The van der Waals surface area contributed by atoms with Gasteiger partial charge in [-0.3, -0.25) is 9.59 Å². The first kappa shape index (κ1) is 16.0. The molecule has 0 bridgehead atoms. The average molecular weight is 348 g/mol. The van der Waals surface area contributed by atoms with E-state index in [4.69, 9.17) is 23.2 Å². The third-order valence-electron chi connectivity index (χ3n) is 4.08. The fourth-order valence-corrected chi connectivity index (χ4v) is 3.55. The summed E-state index contributed by atoms with van der Waals surface area (Å²) < 4.78 is 0. The molecule has 1 saturated heterocycles. The van der Waals surface area contributed by atoms with E-state index < -0.39 is 0 Å². The van der Waals surface area contributed by atoms with Crippen LogP contribution in [-0.2, 0) is 0 Å². The monoisotopic (exact) mass is 347 g/mol. The van der Waals surface area contributed by atoms with Gasteiger partial charge in [0.25, 0.3) is 5.91 Å². The summed E-state index contributed by atoms with van der Waals surface area (Å²) in [6.45, 7) is 2.74. The van der Waals surface area contributed by atoms with Crippen molar-refractivity contribution < 1.29 is 9.59 Å². The van der Waals surface area contributed by atoms with Crippen molar-refractivity contribution in [3.63, 3.8) is 0 Å². The largest absolute Gasteiger partial charge is 0.337 e. The lowest BCUT2D eigenvalue weighted by atomic mass is 9.91. The topological polar surface area (TPSA) is 37.4 Å². The van der Waals surface area contributed by atoms with Gasteiger partial charge < -0.3 is 4.90 Å². The lowest BCUT2D eigenvalue weighted by molar-refractivity contribution is 0.0602. The Bertz CT molecular complexity index is 745. The zero-order chi connectivity index (χ0) is 16.6. The number of carbonyl (C=O) groups excluding carboxylic acids is 2. The number of benzene rings is 2. The number of Topliss-reactive ketones (excluding diaryl/α,β-unsaturated/α-hetero) is 1. The maximum atomic E-state index is 12.5. The zero-order valence-corrected chi connectivity index (χ0v) is 14.1. The Morgan fingerprint density at radius 2 is 1.61 bits per heavy atom. The standard InChI is InChI=1S/C18H15Cl2NO2/c1-11(22)17-15(19)7-13(8-16(17)20)18(23)21-9-14(10-21)12-5-3-2-4-6-12/h2-8,14H,9-10H2,1H3. The van der Waals surface area contributed by atoms with Gasteiger partial charge >= 0.3 is 0 Å². The van der Waals surface area contributed by atoms with Crippen LogP contribution in [0.5, 0.6) is 0 Å². The molecule has 1 heterocycles. The number of carbonyl (C=O) groups is 2. The minimum atomic E-state index is -0.216. The predicted molar refractivity (Wildman–Crippen MR) is 91.6 cm³/mol. The van der Waals surface area contributed by atoms with Crippen molar-refractivity contribution in [2.45, 2.75) is 12.8 Å². The number of ketones is 1. The van der Waals surface area contributed by atoms with Gasteiger partial charge in [0.05, 0.1) is 15.6 Å². The Kier molecular flexibility index (Phi) is 4.42. The highest BCUT2D eigenvalue weighted by molar-refractivity contribution is 6.40. The van der Waals surface area contributed by atoms with Gasteiger partial charge in [-0.2, -0.15) is 0 Å². The Hall–Kier alpha value is -1.84. The maximum absolute atomic E-state index is 12.5. The van der Waals surface area contributed by atoms with Crippen LogP contribution in [-0.4, -0.2) is 29.7 Å². The van der Waals surface area contributed by atoms with Crippen molar-refractivity contribution in [3.8, 4) is 0 Å². The lowest BCUT2D eigenvalue weighted by Gasteiger charge is -2.39. The molecule has 0 spiro atoms. The number of rotatable bonds is 3. The number of halogens is 2. The molecule has 2 aromatic rings. The first-order valence-corrected chi connectivity index (χ1v) is 8.07. The molecular formula is C18H15Cl2NO2. The molecule has 0 unspecified atom stereocenters. The normalized spacial score (nSPS) is 14.5. The second-order valence-corrected chi connectivity index (χ2v) is 6.50. The van der Waals surface area contributed by atoms with E-state index in [0.29, 0.717) is 24.6 Å². The molecule has 1 fully saturated rings. The first-order chi connectivity index (χ1) is 11.0. The minimum absolute atomic E-state index is 0.115. The molecule has 0 aromatic heterocycles. The van der Waals surface area contributed by atoms with E-state index in [0.717, 1.165) is 0 Å². The third kappa shape index (κ3) is 3.12. The zero-order valence-electron chi connectivity index (χ0n) is 12.6. The van der Waals surface area contributed by atoms with E-state index in [1.54, 1.807) is 4.90 Å². The van der Waals surface area contributed by atoms with Gasteiger partial charge in [-0.15, -0.1) is 0 Å². The number of nitrogens with zero attached hydrogens (tertiary/aromatic N) is 1. The lowest BCUT2D eigenvalue weighted by Crippen LogP contribution is -2.48. The number of hydrogen-bond donors (Lipinski definition) is 0. The molecular weight excluding hydrogens is 333 g/mol. The molecule has 0 radical (unpaired) electrons. The Morgan fingerprint density at radius 1 is 1.04 bits per heavy atom. The quantitative estimate of drug-likeness (QED) is 0.770. The highest BCUT2D eigenvalue weighted by Gasteiger charge is 2.32. The van der Waals surface area contributed by atoms with E-state index in [-0.39, 0.29) is 27.3 Å². The van der Waals surface area contributed by atoms with Crippen LogP contribution >= 0.6 is 23.2 Å². The van der Waals surface area contributed by atoms with E-state index in [1.807, 2.05) is 18.2 Å². The van der Waals surface area contributed by atoms with Crippen LogP contribution in [0.2, 0.25) is 10.0 Å². The molecule has 1 aliphatic rings. The molecule has 0 saturated carbocycles. The molecule has 1 amide bonds. The highest BCUT2D eigenvalue weighted by Crippen LogP contribution is 2.31. The van der Waals surface area contributed by atoms with E-state index >= 15 is 0 Å². The number of likely N-dealkylation sites (tertiary alicyclic amines) is 1. The van der Waals surface area contributed by atoms with Crippen LogP contribution in [0.25, 0.3) is 0 Å². The molecule has 0 N–H and O–H groups in total. The van der Waals surface area contributed by atoms with E-state index in [9.17, 15) is 9.59 Å². The summed E-state index contributed by atoms with van der Waals surface area (Å²) in [6, 6.07) is 13.2. The van der Waals surface area contributed by atoms with Crippen LogP contribution < -0.4 is 0 Å². The fraction of sp³-hybridized carbons (Fsp3) is 0.222. The van der Waals surface area contributed by atoms with Crippen LogP contribution in [0.3, 0.4) is 0 Å². The highest BCUT2D eigenvalue weighted by atomic mass is 35.5. The summed E-state index contributed by atoms with van der Waals surface area (Å²) in [5, 5.41) is 0.432. The van der Waals surface area contributed by atoms with Gasteiger partial charge in [0.2, 0.25) is 0 Å². The van der Waals surface area contributed by atoms with Crippen molar-refractivity contribution in [2.24, 2.45) is 0 Å². The van der Waals surface area contributed by atoms with Crippen molar-refractivity contribution >= 4 is 34.9 Å². The van der Waals surface area contributed by atoms with Gasteiger partial charge in [0, 0.05) is 24.6 Å².